The average molecular weight is 372 g/mol. The lowest BCUT2D eigenvalue weighted by Gasteiger charge is -2.25. The van der Waals surface area contributed by atoms with Crippen molar-refractivity contribution >= 4 is 29.9 Å². The minimum Gasteiger partial charge on any atom is -0.383 e. The molecule has 18 heavy (non-hydrogen) atoms. The van der Waals surface area contributed by atoms with Crippen LogP contribution >= 0.6 is 24.0 Å². The molecule has 6 heteroatoms. The molecule has 0 rings (SSSR count). The van der Waals surface area contributed by atoms with Crippen LogP contribution in [0.5, 0.6) is 0 Å². The van der Waals surface area contributed by atoms with Crippen LogP contribution in [0.1, 0.15) is 27.7 Å². The molecule has 0 saturated carbocycles. The molecule has 2 unspecified atom stereocenters. The number of aliphatic imine (C=N–C) groups is 1. The van der Waals surface area contributed by atoms with Crippen LogP contribution in [0.3, 0.4) is 0 Å². The molecule has 0 aromatic heterocycles. The second-order valence-electron chi connectivity index (χ2n) is 4.30. The van der Waals surface area contributed by atoms with Gasteiger partial charge in [0, 0.05) is 19.2 Å². The molecule has 0 spiro atoms. The molecule has 5 nitrogen and oxygen atoms in total. The number of hydrogen-bond acceptors (Lipinski definition) is 3. The van der Waals surface area contributed by atoms with Crippen molar-refractivity contribution in [3.05, 3.63) is 0 Å². The fourth-order valence-corrected chi connectivity index (χ4v) is 1.78. The second kappa shape index (κ2) is 12.0. The first-order chi connectivity index (χ1) is 8.04. The van der Waals surface area contributed by atoms with Gasteiger partial charge in [0.1, 0.15) is 0 Å². The molecule has 0 saturated heterocycles. The maximum atomic E-state index is 5.80. The maximum Gasteiger partial charge on any atom is 0.188 e. The first-order valence-corrected chi connectivity index (χ1v) is 6.34. The number of likely N-dealkylation sites (N-methyl/N-ethyl adjacent to an activating group) is 1. The lowest BCUT2D eigenvalue weighted by atomic mass is 10.3. The lowest BCUT2D eigenvalue weighted by Crippen LogP contribution is -2.42. The van der Waals surface area contributed by atoms with E-state index in [1.165, 1.54) is 0 Å². The summed E-state index contributed by atoms with van der Waals surface area (Å²) in [6, 6.07) is 0.607. The van der Waals surface area contributed by atoms with Gasteiger partial charge in [-0.1, -0.05) is 13.8 Å². The molecule has 0 aliphatic rings. The van der Waals surface area contributed by atoms with Crippen molar-refractivity contribution in [1.82, 2.24) is 10.2 Å². The molecule has 0 aromatic carbocycles. The molecule has 0 aromatic rings. The van der Waals surface area contributed by atoms with Crippen LogP contribution in [0.15, 0.2) is 4.99 Å². The van der Waals surface area contributed by atoms with Gasteiger partial charge >= 0.3 is 0 Å². The highest BCUT2D eigenvalue weighted by Crippen LogP contribution is 1.98. The fourth-order valence-electron chi connectivity index (χ4n) is 1.78. The van der Waals surface area contributed by atoms with Crippen molar-refractivity contribution in [2.45, 2.75) is 39.8 Å². The third-order valence-corrected chi connectivity index (χ3v) is 2.77. The lowest BCUT2D eigenvalue weighted by molar-refractivity contribution is 0.179. The highest BCUT2D eigenvalue weighted by atomic mass is 127. The molecule has 0 heterocycles. The van der Waals surface area contributed by atoms with Crippen LogP contribution in [0, 0.1) is 0 Å². The molecule has 0 radical (unpaired) electrons. The van der Waals surface area contributed by atoms with Crippen LogP contribution in [-0.4, -0.2) is 56.3 Å². The Morgan fingerprint density at radius 1 is 1.33 bits per heavy atom. The Hall–Kier alpha value is -0.0800. The number of nitrogens with zero attached hydrogens (tertiary/aromatic N) is 2. The molecule has 2 atom stereocenters. The van der Waals surface area contributed by atoms with Gasteiger partial charge in [-0.2, -0.15) is 0 Å². The van der Waals surface area contributed by atoms with E-state index < -0.39 is 0 Å². The first-order valence-electron chi connectivity index (χ1n) is 6.34. The summed E-state index contributed by atoms with van der Waals surface area (Å²) >= 11 is 0. The van der Waals surface area contributed by atoms with Crippen molar-refractivity contribution in [2.24, 2.45) is 10.7 Å². The molecule has 3 N–H and O–H groups in total. The molecule has 0 aliphatic carbocycles. The van der Waals surface area contributed by atoms with Crippen LogP contribution in [-0.2, 0) is 4.74 Å². The average Bonchev–Trinajstić information content (AvgIpc) is 2.28. The number of nitrogens with two attached hydrogens (primary N) is 1. The predicted octanol–water partition coefficient (Wildman–Crippen LogP) is 1.27. The van der Waals surface area contributed by atoms with E-state index in [0.717, 1.165) is 19.6 Å². The van der Waals surface area contributed by atoms with E-state index in [0.29, 0.717) is 18.6 Å². The topological polar surface area (TPSA) is 62.9 Å². The smallest absolute Gasteiger partial charge is 0.188 e. The number of nitrogens with one attached hydrogen (secondary N) is 1. The standard InChI is InChI=1S/C12H28N4O.HI/c1-6-16(7-2)11(4)8-14-12(13)15-10(3)9-17-5;/h10-11H,6-9H2,1-5H3,(H3,13,14,15);1H. The van der Waals surface area contributed by atoms with E-state index in [2.05, 4.69) is 36.0 Å². The summed E-state index contributed by atoms with van der Waals surface area (Å²) in [5.41, 5.74) is 5.80. The molecule has 0 fully saturated rings. The molecular weight excluding hydrogens is 343 g/mol. The molecular formula is C12H29IN4O. The molecule has 0 bridgehead atoms. The Labute approximate surface area is 129 Å². The molecule has 0 aliphatic heterocycles. The van der Waals surface area contributed by atoms with E-state index in [9.17, 15) is 0 Å². The number of hydrogen-bond donors (Lipinski definition) is 2. The number of halogens is 1. The number of ether oxygens (including phenoxy) is 1. The summed E-state index contributed by atoms with van der Waals surface area (Å²) in [4.78, 5) is 6.71. The van der Waals surface area contributed by atoms with Crippen molar-refractivity contribution < 1.29 is 4.74 Å². The molecule has 110 valence electrons. The van der Waals surface area contributed by atoms with Crippen LogP contribution in [0.2, 0.25) is 0 Å². The summed E-state index contributed by atoms with van der Waals surface area (Å²) in [6.45, 7) is 11.9. The van der Waals surface area contributed by atoms with E-state index in [-0.39, 0.29) is 30.0 Å². The Kier molecular flexibility index (Phi) is 13.5. The Bertz CT molecular complexity index is 222. The highest BCUT2D eigenvalue weighted by molar-refractivity contribution is 14.0. The largest absolute Gasteiger partial charge is 0.383 e. The fraction of sp³-hybridized carbons (Fsp3) is 0.917. The van der Waals surface area contributed by atoms with Crippen LogP contribution in [0.4, 0.5) is 0 Å². The number of rotatable bonds is 8. The van der Waals surface area contributed by atoms with Gasteiger partial charge in [-0.25, -0.2) is 0 Å². The Balaban J connectivity index is 0. The number of guanidine groups is 1. The van der Waals surface area contributed by atoms with E-state index in [1.54, 1.807) is 7.11 Å². The summed E-state index contributed by atoms with van der Waals surface area (Å²) in [7, 11) is 1.67. The minimum atomic E-state index is 0. The van der Waals surface area contributed by atoms with Gasteiger partial charge in [-0.3, -0.25) is 9.89 Å². The summed E-state index contributed by atoms with van der Waals surface area (Å²) in [5, 5.41) is 3.10. The quantitative estimate of drug-likeness (QED) is 0.383. The van der Waals surface area contributed by atoms with E-state index in [1.807, 2.05) is 6.92 Å². The van der Waals surface area contributed by atoms with Crippen LogP contribution in [0.25, 0.3) is 0 Å². The van der Waals surface area contributed by atoms with E-state index >= 15 is 0 Å². The van der Waals surface area contributed by atoms with Crippen molar-refractivity contribution in [2.75, 3.05) is 33.4 Å². The zero-order valence-corrected chi connectivity index (χ0v) is 14.6. The van der Waals surface area contributed by atoms with Crippen molar-refractivity contribution in [3.8, 4) is 0 Å². The minimum absolute atomic E-state index is 0. The Morgan fingerprint density at radius 3 is 2.33 bits per heavy atom. The predicted molar refractivity (Wildman–Crippen MR) is 88.8 cm³/mol. The van der Waals surface area contributed by atoms with Gasteiger partial charge in [-0.15, -0.1) is 24.0 Å². The van der Waals surface area contributed by atoms with Gasteiger partial charge in [0.2, 0.25) is 0 Å². The third kappa shape index (κ3) is 8.93. The number of methoxy groups -OCH3 is 1. The van der Waals surface area contributed by atoms with Crippen molar-refractivity contribution in [1.29, 1.82) is 0 Å². The molecule has 0 amide bonds. The van der Waals surface area contributed by atoms with Crippen molar-refractivity contribution in [3.63, 3.8) is 0 Å². The van der Waals surface area contributed by atoms with Gasteiger partial charge in [0.05, 0.1) is 13.2 Å². The SMILES string of the molecule is CCN(CC)C(C)CN=C(N)NC(C)COC.I. The monoisotopic (exact) mass is 372 g/mol. The first kappa shape index (κ1) is 20.2. The van der Waals surface area contributed by atoms with Gasteiger partial charge in [0.25, 0.3) is 0 Å². The summed E-state index contributed by atoms with van der Waals surface area (Å²) < 4.78 is 5.02. The Morgan fingerprint density at radius 2 is 1.89 bits per heavy atom. The van der Waals surface area contributed by atoms with Gasteiger partial charge in [0.15, 0.2) is 5.96 Å². The third-order valence-electron chi connectivity index (χ3n) is 2.77. The maximum absolute atomic E-state index is 5.80. The normalized spacial score (nSPS) is 15.1. The summed E-state index contributed by atoms with van der Waals surface area (Å²) in [5.74, 6) is 0.494. The van der Waals surface area contributed by atoms with Gasteiger partial charge < -0.3 is 15.8 Å². The second-order valence-corrected chi connectivity index (χ2v) is 4.30. The van der Waals surface area contributed by atoms with E-state index in [4.69, 9.17) is 10.5 Å². The zero-order chi connectivity index (χ0) is 13.3. The highest BCUT2D eigenvalue weighted by Gasteiger charge is 2.09. The van der Waals surface area contributed by atoms with Gasteiger partial charge in [-0.05, 0) is 26.9 Å². The zero-order valence-electron chi connectivity index (χ0n) is 12.3. The van der Waals surface area contributed by atoms with Crippen LogP contribution < -0.4 is 11.1 Å². The summed E-state index contributed by atoms with van der Waals surface area (Å²) in [6.07, 6.45) is 0.